The fourth-order valence-electron chi connectivity index (χ4n) is 2.26. The van der Waals surface area contributed by atoms with E-state index in [2.05, 4.69) is 0 Å². The molecule has 2 aliphatic heterocycles. The first kappa shape index (κ1) is 14.4. The Morgan fingerprint density at radius 1 is 1.43 bits per heavy atom. The van der Waals surface area contributed by atoms with Gasteiger partial charge in [0.05, 0.1) is 5.03 Å². The molecule has 0 radical (unpaired) electrons. The topological polar surface area (TPSA) is 72.6 Å². The molecule has 0 bridgehead atoms. The van der Waals surface area contributed by atoms with Gasteiger partial charge in [-0.25, -0.2) is 4.79 Å². The van der Waals surface area contributed by atoms with Crippen LogP contribution < -0.4 is 5.73 Å². The van der Waals surface area contributed by atoms with Gasteiger partial charge in [0.2, 0.25) is 5.91 Å². The van der Waals surface area contributed by atoms with Crippen molar-refractivity contribution in [2.45, 2.75) is 18.0 Å². The lowest BCUT2D eigenvalue weighted by molar-refractivity contribution is -0.151. The third kappa shape index (κ3) is 2.54. The summed E-state index contributed by atoms with van der Waals surface area (Å²) in [6.45, 7) is 0.138. The number of fused-ring (bicyclic) bond motifs is 1. The number of rotatable bonds is 3. The maximum Gasteiger partial charge on any atom is 0.356 e. The molecule has 2 N–H and O–H groups in total. The molecule has 2 atom stereocenters. The van der Waals surface area contributed by atoms with E-state index in [0.29, 0.717) is 10.8 Å². The van der Waals surface area contributed by atoms with E-state index < -0.39 is 12.0 Å². The number of amides is 1. The van der Waals surface area contributed by atoms with E-state index in [-0.39, 0.29) is 23.6 Å². The van der Waals surface area contributed by atoms with Gasteiger partial charge in [-0.3, -0.25) is 9.69 Å². The fraction of sp³-hybridized carbons (Fsp3) is 0.286. The number of hydrogen-bond donors (Lipinski definition) is 1. The van der Waals surface area contributed by atoms with Crippen LogP contribution in [0.2, 0.25) is 0 Å². The minimum Gasteiger partial charge on any atom is -0.456 e. The van der Waals surface area contributed by atoms with Crippen LogP contribution in [0.5, 0.6) is 0 Å². The number of hydrogen-bond acceptors (Lipinski definition) is 5. The Morgan fingerprint density at radius 2 is 2.14 bits per heavy atom. The Bertz CT molecular complexity index is 620. The molecule has 110 valence electrons. The predicted octanol–water partition coefficient (Wildman–Crippen LogP) is 1.42. The molecule has 0 saturated carbocycles. The maximum atomic E-state index is 12.2. The van der Waals surface area contributed by atoms with Gasteiger partial charge >= 0.3 is 5.97 Å². The molecule has 0 spiro atoms. The van der Waals surface area contributed by atoms with Crippen LogP contribution in [0.3, 0.4) is 0 Å². The van der Waals surface area contributed by atoms with Crippen molar-refractivity contribution in [1.29, 1.82) is 0 Å². The van der Waals surface area contributed by atoms with Crippen LogP contribution in [0.1, 0.15) is 5.56 Å². The lowest BCUT2D eigenvalue weighted by atomic mass is 10.1. The zero-order chi connectivity index (χ0) is 15.0. The molecule has 21 heavy (non-hydrogen) atoms. The van der Waals surface area contributed by atoms with E-state index in [1.54, 1.807) is 0 Å². The summed E-state index contributed by atoms with van der Waals surface area (Å²) in [6.07, 6.45) is 0. The van der Waals surface area contributed by atoms with Crippen LogP contribution >= 0.6 is 23.4 Å². The van der Waals surface area contributed by atoms with Gasteiger partial charge in [-0.15, -0.1) is 11.8 Å². The lowest BCUT2D eigenvalue weighted by Crippen LogP contribution is -2.68. The lowest BCUT2D eigenvalue weighted by Gasteiger charge is -2.47. The molecule has 1 aromatic carbocycles. The van der Waals surface area contributed by atoms with Crippen molar-refractivity contribution in [3.63, 3.8) is 0 Å². The average Bonchev–Trinajstić information content (AvgIpc) is 2.52. The molecular formula is C14H13ClN2O3S. The summed E-state index contributed by atoms with van der Waals surface area (Å²) in [6, 6.07) is 8.74. The van der Waals surface area contributed by atoms with Crippen molar-refractivity contribution >= 4 is 35.2 Å². The Hall–Kier alpha value is -1.50. The molecule has 1 saturated heterocycles. The molecule has 1 aromatic rings. The van der Waals surface area contributed by atoms with Gasteiger partial charge in [0, 0.05) is 5.75 Å². The number of benzene rings is 1. The molecule has 3 rings (SSSR count). The zero-order valence-electron chi connectivity index (χ0n) is 11.0. The molecule has 5 nitrogen and oxygen atoms in total. The van der Waals surface area contributed by atoms with Crippen LogP contribution in [0.15, 0.2) is 41.1 Å². The number of nitrogens with zero attached hydrogens (tertiary/aromatic N) is 1. The van der Waals surface area contributed by atoms with Crippen molar-refractivity contribution in [1.82, 2.24) is 4.90 Å². The van der Waals surface area contributed by atoms with E-state index in [9.17, 15) is 9.59 Å². The minimum absolute atomic E-state index is 0.128. The highest BCUT2D eigenvalue weighted by Crippen LogP contribution is 2.40. The van der Waals surface area contributed by atoms with Gasteiger partial charge in [0.25, 0.3) is 0 Å². The molecule has 2 aliphatic rings. The number of β-lactam (4-membered cyclic amide) rings is 1. The van der Waals surface area contributed by atoms with E-state index in [4.69, 9.17) is 22.1 Å². The van der Waals surface area contributed by atoms with Crippen LogP contribution in [0.25, 0.3) is 0 Å². The Labute approximate surface area is 131 Å². The van der Waals surface area contributed by atoms with Gasteiger partial charge in [-0.2, -0.15) is 0 Å². The molecule has 7 heteroatoms. The number of halogens is 1. The SMILES string of the molecule is NC1C(=O)N2C(C(=O)OCc3ccccc3)=C(Cl)CS[C@@H]12. The number of thioether (sulfide) groups is 1. The Morgan fingerprint density at radius 3 is 2.86 bits per heavy atom. The number of nitrogens with two attached hydrogens (primary N) is 1. The van der Waals surface area contributed by atoms with Gasteiger partial charge in [-0.1, -0.05) is 41.9 Å². The predicted molar refractivity (Wildman–Crippen MR) is 80.2 cm³/mol. The largest absolute Gasteiger partial charge is 0.456 e. The fourth-order valence-corrected chi connectivity index (χ4v) is 3.75. The summed E-state index contributed by atoms with van der Waals surface area (Å²) in [7, 11) is 0. The second-order valence-electron chi connectivity index (χ2n) is 4.75. The van der Waals surface area contributed by atoms with Gasteiger partial charge < -0.3 is 10.5 Å². The minimum atomic E-state index is -0.589. The highest BCUT2D eigenvalue weighted by atomic mass is 35.5. The van der Waals surface area contributed by atoms with E-state index >= 15 is 0 Å². The molecule has 2 heterocycles. The number of ether oxygens (including phenoxy) is 1. The molecule has 0 aromatic heterocycles. The normalized spacial score (nSPS) is 24.5. The first-order valence-corrected chi connectivity index (χ1v) is 7.82. The quantitative estimate of drug-likeness (QED) is 0.672. The van der Waals surface area contributed by atoms with Crippen LogP contribution in [-0.4, -0.2) is 33.9 Å². The standard InChI is InChI=1S/C14H13ClN2O3S/c15-9-7-21-13-10(16)12(18)17(13)11(9)14(19)20-6-8-4-2-1-3-5-8/h1-5,10,13H,6-7,16H2/t10?,13-/m0/s1. The Balaban J connectivity index is 1.73. The van der Waals surface area contributed by atoms with Crippen LogP contribution in [0, 0.1) is 0 Å². The first-order valence-electron chi connectivity index (χ1n) is 6.39. The second kappa shape index (κ2) is 5.71. The highest BCUT2D eigenvalue weighted by Gasteiger charge is 2.51. The monoisotopic (exact) mass is 324 g/mol. The van der Waals surface area contributed by atoms with Crippen molar-refractivity contribution in [2.24, 2.45) is 5.73 Å². The number of carbonyl (C=O) groups is 2. The van der Waals surface area contributed by atoms with Crippen molar-refractivity contribution < 1.29 is 14.3 Å². The summed E-state index contributed by atoms with van der Waals surface area (Å²) >= 11 is 7.54. The van der Waals surface area contributed by atoms with Crippen molar-refractivity contribution in [3.05, 3.63) is 46.6 Å². The summed E-state index contributed by atoms with van der Waals surface area (Å²) in [5.74, 6) is -0.425. The summed E-state index contributed by atoms with van der Waals surface area (Å²) in [4.78, 5) is 25.4. The van der Waals surface area contributed by atoms with Crippen LogP contribution in [-0.2, 0) is 20.9 Å². The van der Waals surface area contributed by atoms with E-state index in [0.717, 1.165) is 5.56 Å². The second-order valence-corrected chi connectivity index (χ2v) is 6.31. The summed E-state index contributed by atoms with van der Waals surface area (Å²) in [5, 5.41) is 0.105. The van der Waals surface area contributed by atoms with Gasteiger partial charge in [0.15, 0.2) is 0 Å². The Kier molecular flexibility index (Phi) is 3.93. The molecular weight excluding hydrogens is 312 g/mol. The molecule has 1 amide bonds. The number of esters is 1. The van der Waals surface area contributed by atoms with Crippen molar-refractivity contribution in [2.75, 3.05) is 5.75 Å². The zero-order valence-corrected chi connectivity index (χ0v) is 12.6. The molecule has 1 fully saturated rings. The smallest absolute Gasteiger partial charge is 0.356 e. The van der Waals surface area contributed by atoms with Crippen molar-refractivity contribution in [3.8, 4) is 0 Å². The van der Waals surface area contributed by atoms with E-state index in [1.165, 1.54) is 16.7 Å². The summed E-state index contributed by atoms with van der Waals surface area (Å²) in [5.41, 5.74) is 6.72. The number of carbonyl (C=O) groups excluding carboxylic acids is 2. The third-order valence-electron chi connectivity index (χ3n) is 3.37. The van der Waals surface area contributed by atoms with Gasteiger partial charge in [0.1, 0.15) is 23.7 Å². The molecule has 1 unspecified atom stereocenters. The summed E-state index contributed by atoms with van der Waals surface area (Å²) < 4.78 is 5.25. The van der Waals surface area contributed by atoms with Crippen LogP contribution in [0.4, 0.5) is 0 Å². The first-order chi connectivity index (χ1) is 10.1. The molecule has 0 aliphatic carbocycles. The highest BCUT2D eigenvalue weighted by molar-refractivity contribution is 8.00. The maximum absolute atomic E-state index is 12.2. The average molecular weight is 325 g/mol. The van der Waals surface area contributed by atoms with Gasteiger partial charge in [-0.05, 0) is 5.56 Å². The van der Waals surface area contributed by atoms with E-state index in [1.807, 2.05) is 30.3 Å². The third-order valence-corrected chi connectivity index (χ3v) is 5.14.